The highest BCUT2D eigenvalue weighted by Crippen LogP contribution is 2.24. The number of amides is 2. The van der Waals surface area contributed by atoms with Gasteiger partial charge in [0.25, 0.3) is 0 Å². The summed E-state index contributed by atoms with van der Waals surface area (Å²) in [5, 5.41) is 5.74. The first-order chi connectivity index (χ1) is 10.9. The Morgan fingerprint density at radius 3 is 2.78 bits per heavy atom. The van der Waals surface area contributed by atoms with Crippen LogP contribution in [0.1, 0.15) is 30.4 Å². The van der Waals surface area contributed by atoms with E-state index in [2.05, 4.69) is 16.7 Å². The summed E-state index contributed by atoms with van der Waals surface area (Å²) < 4.78 is 24.7. The lowest BCUT2D eigenvalue weighted by molar-refractivity contribution is 0.236. The molecule has 2 amide bonds. The average molecular weight is 337 g/mol. The van der Waals surface area contributed by atoms with Crippen molar-refractivity contribution in [1.82, 2.24) is 9.62 Å². The lowest BCUT2D eigenvalue weighted by Crippen LogP contribution is -2.50. The van der Waals surface area contributed by atoms with Crippen LogP contribution < -0.4 is 10.6 Å². The van der Waals surface area contributed by atoms with Gasteiger partial charge in [-0.05, 0) is 55.4 Å². The number of urea groups is 1. The van der Waals surface area contributed by atoms with Gasteiger partial charge in [-0.15, -0.1) is 0 Å². The maximum absolute atomic E-state index is 12.1. The molecule has 0 aromatic heterocycles. The number of nitrogens with zero attached hydrogens (tertiary/aromatic N) is 1. The molecule has 6 nitrogen and oxygen atoms in total. The molecule has 1 aromatic rings. The number of rotatable bonds is 3. The summed E-state index contributed by atoms with van der Waals surface area (Å²) in [6, 6.07) is 5.61. The molecule has 126 valence electrons. The predicted molar refractivity (Wildman–Crippen MR) is 90.1 cm³/mol. The topological polar surface area (TPSA) is 78.5 Å². The summed E-state index contributed by atoms with van der Waals surface area (Å²) in [6.07, 6.45) is 6.12. The molecule has 1 aliphatic heterocycles. The van der Waals surface area contributed by atoms with Crippen LogP contribution in [0.3, 0.4) is 0 Å². The summed E-state index contributed by atoms with van der Waals surface area (Å²) in [5.74, 6) is 0. The van der Waals surface area contributed by atoms with Gasteiger partial charge in [-0.3, -0.25) is 0 Å². The van der Waals surface area contributed by atoms with Crippen molar-refractivity contribution in [1.29, 1.82) is 0 Å². The smallest absolute Gasteiger partial charge is 0.319 e. The van der Waals surface area contributed by atoms with Crippen LogP contribution in [0.4, 0.5) is 10.5 Å². The molecule has 23 heavy (non-hydrogen) atoms. The number of hydrogen-bond acceptors (Lipinski definition) is 3. The van der Waals surface area contributed by atoms with E-state index in [0.717, 1.165) is 31.4 Å². The number of hydrogen-bond donors (Lipinski definition) is 2. The maximum atomic E-state index is 12.1. The van der Waals surface area contributed by atoms with Crippen LogP contribution in [0, 0.1) is 0 Å². The number of piperidine rings is 1. The van der Waals surface area contributed by atoms with Crippen molar-refractivity contribution >= 4 is 21.7 Å². The predicted octanol–water partition coefficient (Wildman–Crippen LogP) is 1.72. The highest BCUT2D eigenvalue weighted by Gasteiger charge is 2.26. The van der Waals surface area contributed by atoms with Crippen LogP contribution in [0.25, 0.3) is 0 Å². The number of carbonyl (C=O) groups excluding carboxylic acids is 1. The molecule has 1 heterocycles. The molecule has 1 aliphatic carbocycles. The minimum absolute atomic E-state index is 0.145. The van der Waals surface area contributed by atoms with E-state index in [0.29, 0.717) is 13.1 Å². The monoisotopic (exact) mass is 337 g/mol. The molecule has 1 aromatic carbocycles. The van der Waals surface area contributed by atoms with Crippen LogP contribution in [0.5, 0.6) is 0 Å². The van der Waals surface area contributed by atoms with Gasteiger partial charge in [0.05, 0.1) is 6.26 Å². The average Bonchev–Trinajstić information content (AvgIpc) is 2.94. The Morgan fingerprint density at radius 2 is 2.00 bits per heavy atom. The van der Waals surface area contributed by atoms with Crippen molar-refractivity contribution in [3.63, 3.8) is 0 Å². The highest BCUT2D eigenvalue weighted by atomic mass is 32.2. The van der Waals surface area contributed by atoms with E-state index in [1.165, 1.54) is 28.1 Å². The van der Waals surface area contributed by atoms with E-state index in [1.54, 1.807) is 0 Å². The van der Waals surface area contributed by atoms with Crippen molar-refractivity contribution in [2.45, 2.75) is 38.1 Å². The molecule has 1 unspecified atom stereocenters. The van der Waals surface area contributed by atoms with Crippen LogP contribution in [-0.2, 0) is 22.9 Å². The van der Waals surface area contributed by atoms with Crippen molar-refractivity contribution in [2.24, 2.45) is 0 Å². The van der Waals surface area contributed by atoms with Gasteiger partial charge in [-0.25, -0.2) is 17.5 Å². The molecule has 2 N–H and O–H groups in total. The summed E-state index contributed by atoms with van der Waals surface area (Å²) in [7, 11) is -3.20. The molecular formula is C16H23N3O3S. The van der Waals surface area contributed by atoms with E-state index in [1.807, 2.05) is 12.1 Å². The Morgan fingerprint density at radius 1 is 1.22 bits per heavy atom. The SMILES string of the molecule is CS(=O)(=O)N1CCCC(NC(=O)Nc2ccc3c(c2)CCC3)C1. The van der Waals surface area contributed by atoms with Gasteiger partial charge in [0, 0.05) is 24.8 Å². The van der Waals surface area contributed by atoms with Crippen molar-refractivity contribution in [2.75, 3.05) is 24.7 Å². The van der Waals surface area contributed by atoms with E-state index < -0.39 is 10.0 Å². The van der Waals surface area contributed by atoms with E-state index in [4.69, 9.17) is 0 Å². The normalized spacial score (nSPS) is 21.7. The number of sulfonamides is 1. The Hall–Kier alpha value is -1.60. The zero-order valence-corrected chi connectivity index (χ0v) is 14.2. The van der Waals surface area contributed by atoms with Crippen LogP contribution in [-0.4, -0.2) is 44.1 Å². The minimum Gasteiger partial charge on any atom is -0.334 e. The molecule has 7 heteroatoms. The molecule has 3 rings (SSSR count). The Kier molecular flexibility index (Phi) is 4.59. The molecular weight excluding hydrogens is 314 g/mol. The summed E-state index contributed by atoms with van der Waals surface area (Å²) in [4.78, 5) is 12.1. The largest absolute Gasteiger partial charge is 0.334 e. The standard InChI is InChI=1S/C16H23N3O3S/c1-23(21,22)19-9-3-6-15(11-19)18-16(20)17-14-8-7-12-4-2-5-13(12)10-14/h7-8,10,15H,2-6,9,11H2,1H3,(H2,17,18,20). The lowest BCUT2D eigenvalue weighted by Gasteiger charge is -2.31. The van der Waals surface area contributed by atoms with Crippen molar-refractivity contribution in [3.8, 4) is 0 Å². The van der Waals surface area contributed by atoms with Crippen LogP contribution >= 0.6 is 0 Å². The number of benzene rings is 1. The zero-order valence-electron chi connectivity index (χ0n) is 13.3. The minimum atomic E-state index is -3.20. The fraction of sp³-hybridized carbons (Fsp3) is 0.562. The second-order valence-electron chi connectivity index (χ2n) is 6.40. The van der Waals surface area contributed by atoms with Gasteiger partial charge >= 0.3 is 6.03 Å². The lowest BCUT2D eigenvalue weighted by atomic mass is 10.1. The van der Waals surface area contributed by atoms with Gasteiger partial charge in [-0.1, -0.05) is 6.07 Å². The summed E-state index contributed by atoms with van der Waals surface area (Å²) in [6.45, 7) is 0.875. The van der Waals surface area contributed by atoms with Gasteiger partial charge in [0.15, 0.2) is 0 Å². The third-order valence-electron chi connectivity index (χ3n) is 4.54. The number of fused-ring (bicyclic) bond motifs is 1. The molecule has 2 aliphatic rings. The first kappa shape index (κ1) is 16.3. The first-order valence-corrected chi connectivity index (χ1v) is 9.91. The third-order valence-corrected chi connectivity index (χ3v) is 5.81. The number of anilines is 1. The number of nitrogens with one attached hydrogen (secondary N) is 2. The van der Waals surface area contributed by atoms with Gasteiger partial charge < -0.3 is 10.6 Å². The first-order valence-electron chi connectivity index (χ1n) is 8.06. The second kappa shape index (κ2) is 6.49. The second-order valence-corrected chi connectivity index (χ2v) is 8.38. The number of carbonyl (C=O) groups is 1. The van der Waals surface area contributed by atoms with Crippen molar-refractivity contribution in [3.05, 3.63) is 29.3 Å². The fourth-order valence-corrected chi connectivity index (χ4v) is 4.28. The van der Waals surface area contributed by atoms with Gasteiger partial charge in [-0.2, -0.15) is 0 Å². The van der Waals surface area contributed by atoms with Crippen molar-refractivity contribution < 1.29 is 13.2 Å². The van der Waals surface area contributed by atoms with E-state index in [-0.39, 0.29) is 12.1 Å². The van der Waals surface area contributed by atoms with E-state index >= 15 is 0 Å². The highest BCUT2D eigenvalue weighted by molar-refractivity contribution is 7.88. The summed E-state index contributed by atoms with van der Waals surface area (Å²) >= 11 is 0. The molecule has 1 atom stereocenters. The maximum Gasteiger partial charge on any atom is 0.319 e. The molecule has 0 spiro atoms. The number of aryl methyl sites for hydroxylation is 2. The molecule has 1 saturated heterocycles. The fourth-order valence-electron chi connectivity index (χ4n) is 3.36. The molecule has 0 radical (unpaired) electrons. The van der Waals surface area contributed by atoms with Crippen LogP contribution in [0.2, 0.25) is 0 Å². The van der Waals surface area contributed by atoms with Crippen LogP contribution in [0.15, 0.2) is 18.2 Å². The Bertz CT molecular complexity index is 703. The zero-order chi connectivity index (χ0) is 16.4. The van der Waals surface area contributed by atoms with Gasteiger partial charge in [0.2, 0.25) is 10.0 Å². The van der Waals surface area contributed by atoms with Gasteiger partial charge in [0.1, 0.15) is 0 Å². The van der Waals surface area contributed by atoms with E-state index in [9.17, 15) is 13.2 Å². The quantitative estimate of drug-likeness (QED) is 0.881. The Balaban J connectivity index is 1.57. The summed E-state index contributed by atoms with van der Waals surface area (Å²) in [5.41, 5.74) is 3.47. The third kappa shape index (κ3) is 4.03. The molecule has 0 bridgehead atoms. The molecule has 1 fully saturated rings. The molecule has 0 saturated carbocycles. The Labute approximate surface area is 137 Å².